The SMILES string of the molecule is Cc1ccccc1-c1cc2cnc(NC3CCN(C(=O)OC(C)(C)C)CC3)nc2n([C@H]2CCOC2)c1=O. The number of anilines is 1. The highest BCUT2D eigenvalue weighted by molar-refractivity contribution is 5.82. The van der Waals surface area contributed by atoms with E-state index in [1.54, 1.807) is 15.7 Å². The van der Waals surface area contributed by atoms with Crippen LogP contribution in [0.2, 0.25) is 0 Å². The number of carbonyl (C=O) groups is 1. The number of amides is 1. The second-order valence-corrected chi connectivity index (χ2v) is 10.9. The number of hydrogen-bond acceptors (Lipinski definition) is 7. The van der Waals surface area contributed by atoms with E-state index in [1.807, 2.05) is 58.0 Å². The molecule has 2 saturated heterocycles. The molecule has 1 aromatic carbocycles. The molecule has 5 rings (SSSR count). The van der Waals surface area contributed by atoms with E-state index in [1.165, 1.54) is 0 Å². The van der Waals surface area contributed by atoms with E-state index in [9.17, 15) is 9.59 Å². The van der Waals surface area contributed by atoms with Crippen molar-refractivity contribution in [1.29, 1.82) is 0 Å². The van der Waals surface area contributed by atoms with Crippen LogP contribution < -0.4 is 10.9 Å². The van der Waals surface area contributed by atoms with Crippen molar-refractivity contribution in [3.8, 4) is 11.1 Å². The van der Waals surface area contributed by atoms with Crippen LogP contribution in [0.1, 0.15) is 51.6 Å². The van der Waals surface area contributed by atoms with Crippen LogP contribution in [-0.4, -0.2) is 63.5 Å². The fourth-order valence-corrected chi connectivity index (χ4v) is 5.04. The number of fused-ring (bicyclic) bond motifs is 1. The van der Waals surface area contributed by atoms with Crippen LogP contribution in [0.5, 0.6) is 0 Å². The van der Waals surface area contributed by atoms with Crippen LogP contribution in [0.4, 0.5) is 10.7 Å². The summed E-state index contributed by atoms with van der Waals surface area (Å²) in [7, 11) is 0. The third kappa shape index (κ3) is 5.46. The summed E-state index contributed by atoms with van der Waals surface area (Å²) in [5.74, 6) is 0.485. The van der Waals surface area contributed by atoms with Crippen molar-refractivity contribution in [3.63, 3.8) is 0 Å². The first kappa shape index (κ1) is 25.2. The molecule has 0 saturated carbocycles. The number of aryl methyl sites for hydroxylation is 1. The molecule has 0 bridgehead atoms. The van der Waals surface area contributed by atoms with E-state index in [2.05, 4.69) is 10.3 Å². The second-order valence-electron chi connectivity index (χ2n) is 10.9. The number of nitrogens with zero attached hydrogens (tertiary/aromatic N) is 4. The van der Waals surface area contributed by atoms with Crippen molar-refractivity contribution in [3.05, 3.63) is 52.4 Å². The Kier molecular flexibility index (Phi) is 6.90. The first-order valence-electron chi connectivity index (χ1n) is 13.0. The highest BCUT2D eigenvalue weighted by atomic mass is 16.6. The molecule has 37 heavy (non-hydrogen) atoms. The van der Waals surface area contributed by atoms with Gasteiger partial charge < -0.3 is 19.7 Å². The third-order valence-electron chi connectivity index (χ3n) is 6.96. The fraction of sp³-hybridized carbons (Fsp3) is 0.500. The first-order chi connectivity index (χ1) is 17.7. The van der Waals surface area contributed by atoms with Crippen molar-refractivity contribution in [2.75, 3.05) is 31.6 Å². The van der Waals surface area contributed by atoms with Crippen LogP contribution in [0.15, 0.2) is 41.3 Å². The molecule has 2 fully saturated rings. The van der Waals surface area contributed by atoms with Gasteiger partial charge >= 0.3 is 6.09 Å². The van der Waals surface area contributed by atoms with Crippen LogP contribution in [0, 0.1) is 6.92 Å². The zero-order chi connectivity index (χ0) is 26.2. The lowest BCUT2D eigenvalue weighted by Gasteiger charge is -2.33. The second kappa shape index (κ2) is 10.1. The van der Waals surface area contributed by atoms with E-state index in [4.69, 9.17) is 14.5 Å². The van der Waals surface area contributed by atoms with Gasteiger partial charge in [0, 0.05) is 42.9 Å². The maximum atomic E-state index is 13.8. The van der Waals surface area contributed by atoms with Gasteiger partial charge in [-0.05, 0) is 64.2 Å². The lowest BCUT2D eigenvalue weighted by molar-refractivity contribution is 0.0210. The molecule has 196 valence electrons. The monoisotopic (exact) mass is 505 g/mol. The summed E-state index contributed by atoms with van der Waals surface area (Å²) >= 11 is 0. The van der Waals surface area contributed by atoms with Gasteiger partial charge in [0.1, 0.15) is 11.2 Å². The van der Waals surface area contributed by atoms with Crippen LogP contribution in [-0.2, 0) is 9.47 Å². The molecule has 2 aliphatic heterocycles. The molecular weight excluding hydrogens is 470 g/mol. The molecule has 3 aromatic rings. The van der Waals surface area contributed by atoms with Crippen LogP contribution in [0.25, 0.3) is 22.2 Å². The number of aromatic nitrogens is 3. The lowest BCUT2D eigenvalue weighted by Crippen LogP contribution is -2.44. The molecule has 1 amide bonds. The molecule has 0 aliphatic carbocycles. The first-order valence-corrected chi connectivity index (χ1v) is 13.0. The minimum atomic E-state index is -0.510. The predicted molar refractivity (Wildman–Crippen MR) is 143 cm³/mol. The molecule has 4 heterocycles. The molecule has 2 aromatic heterocycles. The Morgan fingerprint density at radius 3 is 2.57 bits per heavy atom. The smallest absolute Gasteiger partial charge is 0.410 e. The average molecular weight is 506 g/mol. The summed E-state index contributed by atoms with van der Waals surface area (Å²) < 4.78 is 12.9. The molecule has 2 aliphatic rings. The Labute approximate surface area is 216 Å². The van der Waals surface area contributed by atoms with Crippen LogP contribution >= 0.6 is 0 Å². The Bertz CT molecular complexity index is 1350. The zero-order valence-corrected chi connectivity index (χ0v) is 22.0. The van der Waals surface area contributed by atoms with Crippen LogP contribution in [0.3, 0.4) is 0 Å². The quantitative estimate of drug-likeness (QED) is 0.556. The minimum Gasteiger partial charge on any atom is -0.444 e. The van der Waals surface area contributed by atoms with Crippen molar-refractivity contribution in [2.45, 2.75) is 64.6 Å². The molecule has 9 nitrogen and oxygen atoms in total. The largest absolute Gasteiger partial charge is 0.444 e. The van der Waals surface area contributed by atoms with Gasteiger partial charge in [0.05, 0.1) is 12.6 Å². The summed E-state index contributed by atoms with van der Waals surface area (Å²) in [5.41, 5.74) is 2.65. The number of nitrogens with one attached hydrogen (secondary N) is 1. The van der Waals surface area contributed by atoms with Gasteiger partial charge in [-0.25, -0.2) is 9.78 Å². The highest BCUT2D eigenvalue weighted by Crippen LogP contribution is 2.28. The van der Waals surface area contributed by atoms with Crippen molar-refractivity contribution in [1.82, 2.24) is 19.4 Å². The number of carbonyl (C=O) groups excluding carboxylic acids is 1. The van der Waals surface area contributed by atoms with Gasteiger partial charge in [-0.2, -0.15) is 4.98 Å². The van der Waals surface area contributed by atoms with Crippen molar-refractivity contribution >= 4 is 23.1 Å². The van der Waals surface area contributed by atoms with Gasteiger partial charge in [0.15, 0.2) is 0 Å². The molecule has 0 spiro atoms. The fourth-order valence-electron chi connectivity index (χ4n) is 5.04. The Hall–Kier alpha value is -3.46. The number of pyridine rings is 1. The lowest BCUT2D eigenvalue weighted by atomic mass is 10.0. The van der Waals surface area contributed by atoms with Gasteiger partial charge in [-0.15, -0.1) is 0 Å². The summed E-state index contributed by atoms with van der Waals surface area (Å²) in [6.45, 7) is 9.95. The number of rotatable bonds is 4. The minimum absolute atomic E-state index is 0.0624. The summed E-state index contributed by atoms with van der Waals surface area (Å²) in [6, 6.07) is 9.87. The number of ether oxygens (including phenoxy) is 2. The van der Waals surface area contributed by atoms with E-state index in [0.29, 0.717) is 43.5 Å². The normalized spacial score (nSPS) is 18.8. The maximum Gasteiger partial charge on any atom is 0.410 e. The summed E-state index contributed by atoms with van der Waals surface area (Å²) in [6.07, 6.45) is 3.79. The summed E-state index contributed by atoms with van der Waals surface area (Å²) in [4.78, 5) is 37.3. The Morgan fingerprint density at radius 1 is 1.14 bits per heavy atom. The molecule has 0 unspecified atom stereocenters. The molecule has 9 heteroatoms. The van der Waals surface area contributed by atoms with Gasteiger partial charge in [0.2, 0.25) is 5.95 Å². The van der Waals surface area contributed by atoms with Crippen molar-refractivity contribution in [2.24, 2.45) is 0 Å². The number of likely N-dealkylation sites (tertiary alicyclic amines) is 1. The molecule has 1 atom stereocenters. The van der Waals surface area contributed by atoms with Gasteiger partial charge in [-0.3, -0.25) is 9.36 Å². The standard InChI is InChI=1S/C28H35N5O4/c1-18-7-5-6-8-22(18)23-15-19-16-29-26(31-24(19)33(25(23)34)21-11-14-36-17-21)30-20-9-12-32(13-10-20)27(35)37-28(2,3)4/h5-8,15-16,20-21H,9-14,17H2,1-4H3,(H,29,30,31)/t21-/m0/s1. The number of hydrogen-bond donors (Lipinski definition) is 1. The van der Waals surface area contributed by atoms with Gasteiger partial charge in [0.25, 0.3) is 5.56 Å². The number of benzene rings is 1. The maximum absolute atomic E-state index is 13.8. The third-order valence-corrected chi connectivity index (χ3v) is 6.96. The zero-order valence-electron chi connectivity index (χ0n) is 22.0. The van der Waals surface area contributed by atoms with E-state index in [-0.39, 0.29) is 23.7 Å². The summed E-state index contributed by atoms with van der Waals surface area (Å²) in [5, 5.41) is 4.24. The van der Waals surface area contributed by atoms with Gasteiger partial charge in [-0.1, -0.05) is 24.3 Å². The van der Waals surface area contributed by atoms with E-state index in [0.717, 1.165) is 35.8 Å². The average Bonchev–Trinajstić information content (AvgIpc) is 3.38. The van der Waals surface area contributed by atoms with Crippen molar-refractivity contribution < 1.29 is 14.3 Å². The highest BCUT2D eigenvalue weighted by Gasteiger charge is 2.28. The Balaban J connectivity index is 1.41. The Morgan fingerprint density at radius 2 is 1.89 bits per heavy atom. The molecule has 1 N–H and O–H groups in total. The topological polar surface area (TPSA) is 98.6 Å². The van der Waals surface area contributed by atoms with E-state index < -0.39 is 5.60 Å². The predicted octanol–water partition coefficient (Wildman–Crippen LogP) is 4.54. The molecular formula is C28H35N5O4. The number of piperidine rings is 1. The van der Waals surface area contributed by atoms with E-state index >= 15 is 0 Å². The molecule has 0 radical (unpaired) electrons.